The van der Waals surface area contributed by atoms with Gasteiger partial charge in [0.15, 0.2) is 0 Å². The van der Waals surface area contributed by atoms with Gasteiger partial charge in [0.2, 0.25) is 0 Å². The molecule has 1 amide bonds. The average molecular weight is 422 g/mol. The van der Waals surface area contributed by atoms with Crippen LogP contribution in [0.2, 0.25) is 0 Å². The summed E-state index contributed by atoms with van der Waals surface area (Å²) in [5.74, 6) is -0.564. The predicted molar refractivity (Wildman–Crippen MR) is 116 cm³/mol. The first-order valence-electron chi connectivity index (χ1n) is 10.2. The molecule has 0 spiro atoms. The Morgan fingerprint density at radius 2 is 1.87 bits per heavy atom. The van der Waals surface area contributed by atoms with Crippen molar-refractivity contribution in [1.29, 1.82) is 0 Å². The SMILES string of the molecule is COc1ccc(F)cc1-c1ccc(CN2CCC(NC(=O)c3ccccc3F)C2)cc1. The molecule has 0 radical (unpaired) electrons. The van der Waals surface area contributed by atoms with Gasteiger partial charge < -0.3 is 10.1 Å². The fraction of sp³-hybridized carbons (Fsp3) is 0.240. The van der Waals surface area contributed by atoms with Crippen molar-refractivity contribution in [3.63, 3.8) is 0 Å². The number of carbonyl (C=O) groups excluding carboxylic acids is 1. The van der Waals surface area contributed by atoms with Crippen LogP contribution in [0, 0.1) is 11.6 Å². The molecule has 1 heterocycles. The van der Waals surface area contributed by atoms with Crippen LogP contribution >= 0.6 is 0 Å². The Morgan fingerprint density at radius 3 is 2.61 bits per heavy atom. The zero-order valence-electron chi connectivity index (χ0n) is 17.3. The number of nitrogens with one attached hydrogen (secondary N) is 1. The summed E-state index contributed by atoms with van der Waals surface area (Å²) < 4.78 is 32.8. The maximum absolute atomic E-state index is 13.8. The first kappa shape index (κ1) is 21.0. The molecule has 4 nitrogen and oxygen atoms in total. The molecule has 160 valence electrons. The van der Waals surface area contributed by atoms with E-state index >= 15 is 0 Å². The first-order chi connectivity index (χ1) is 15.0. The van der Waals surface area contributed by atoms with E-state index < -0.39 is 5.82 Å². The third-order valence-electron chi connectivity index (χ3n) is 5.56. The van der Waals surface area contributed by atoms with Crippen molar-refractivity contribution in [1.82, 2.24) is 10.2 Å². The van der Waals surface area contributed by atoms with Crippen molar-refractivity contribution in [2.24, 2.45) is 0 Å². The van der Waals surface area contributed by atoms with E-state index in [2.05, 4.69) is 10.2 Å². The highest BCUT2D eigenvalue weighted by molar-refractivity contribution is 5.94. The molecule has 4 rings (SSSR count). The lowest BCUT2D eigenvalue weighted by atomic mass is 10.0. The van der Waals surface area contributed by atoms with E-state index in [1.54, 1.807) is 25.3 Å². The molecular formula is C25H24F2N2O2. The Labute approximate surface area is 180 Å². The lowest BCUT2D eigenvalue weighted by molar-refractivity contribution is 0.0933. The number of rotatable bonds is 6. The van der Waals surface area contributed by atoms with Crippen LogP contribution in [0.1, 0.15) is 22.3 Å². The van der Waals surface area contributed by atoms with Crippen LogP contribution in [0.3, 0.4) is 0 Å². The normalized spacial score (nSPS) is 16.3. The van der Waals surface area contributed by atoms with Crippen LogP contribution in [0.4, 0.5) is 8.78 Å². The van der Waals surface area contributed by atoms with E-state index in [1.807, 2.05) is 24.3 Å². The van der Waals surface area contributed by atoms with E-state index in [4.69, 9.17) is 4.74 Å². The Bertz CT molecular complexity index is 1070. The molecule has 0 bridgehead atoms. The van der Waals surface area contributed by atoms with Gasteiger partial charge in [0.25, 0.3) is 5.91 Å². The van der Waals surface area contributed by atoms with E-state index in [0.717, 1.165) is 30.6 Å². The van der Waals surface area contributed by atoms with Gasteiger partial charge >= 0.3 is 0 Å². The highest BCUT2D eigenvalue weighted by Gasteiger charge is 2.25. The minimum atomic E-state index is -0.509. The standard InChI is InChI=1S/C25H24F2N2O2/c1-31-24-11-10-19(26)14-22(24)18-8-6-17(7-9-18)15-29-13-12-20(16-29)28-25(30)21-4-2-3-5-23(21)27/h2-11,14,20H,12-13,15-16H2,1H3,(H,28,30). The van der Waals surface area contributed by atoms with Crippen molar-refractivity contribution >= 4 is 5.91 Å². The molecule has 0 saturated carbocycles. The number of carbonyl (C=O) groups is 1. The molecule has 31 heavy (non-hydrogen) atoms. The summed E-state index contributed by atoms with van der Waals surface area (Å²) >= 11 is 0. The van der Waals surface area contributed by atoms with E-state index in [-0.39, 0.29) is 23.3 Å². The van der Waals surface area contributed by atoms with Crippen molar-refractivity contribution in [2.75, 3.05) is 20.2 Å². The molecular weight excluding hydrogens is 398 g/mol. The van der Waals surface area contributed by atoms with Gasteiger partial charge in [-0.25, -0.2) is 8.78 Å². The Kier molecular flexibility index (Phi) is 6.28. The van der Waals surface area contributed by atoms with Crippen molar-refractivity contribution < 1.29 is 18.3 Å². The Morgan fingerprint density at radius 1 is 1.10 bits per heavy atom. The minimum absolute atomic E-state index is 0.0112. The number of benzene rings is 3. The summed E-state index contributed by atoms with van der Waals surface area (Å²) in [5.41, 5.74) is 2.80. The third kappa shape index (κ3) is 4.91. The quantitative estimate of drug-likeness (QED) is 0.629. The molecule has 1 saturated heterocycles. The third-order valence-corrected chi connectivity index (χ3v) is 5.56. The molecule has 1 N–H and O–H groups in total. The number of halogens is 2. The molecule has 0 aliphatic carbocycles. The average Bonchev–Trinajstić information content (AvgIpc) is 3.21. The molecule has 1 fully saturated rings. The van der Waals surface area contributed by atoms with Gasteiger partial charge in [-0.15, -0.1) is 0 Å². The minimum Gasteiger partial charge on any atom is -0.496 e. The summed E-state index contributed by atoms with van der Waals surface area (Å²) in [6.07, 6.45) is 0.818. The highest BCUT2D eigenvalue weighted by atomic mass is 19.1. The number of methoxy groups -OCH3 is 1. The van der Waals surface area contributed by atoms with Gasteiger partial charge in [-0.3, -0.25) is 9.69 Å². The van der Waals surface area contributed by atoms with E-state index in [0.29, 0.717) is 17.9 Å². The van der Waals surface area contributed by atoms with Crippen LogP contribution < -0.4 is 10.1 Å². The molecule has 1 atom stereocenters. The monoisotopic (exact) mass is 422 g/mol. The summed E-state index contributed by atoms with van der Waals surface area (Å²) in [6.45, 7) is 2.30. The maximum Gasteiger partial charge on any atom is 0.254 e. The van der Waals surface area contributed by atoms with Gasteiger partial charge in [0, 0.05) is 31.2 Å². The van der Waals surface area contributed by atoms with Crippen LogP contribution in [-0.2, 0) is 6.54 Å². The van der Waals surface area contributed by atoms with Crippen LogP contribution in [-0.4, -0.2) is 37.0 Å². The fourth-order valence-corrected chi connectivity index (χ4v) is 3.96. The number of hydrogen-bond donors (Lipinski definition) is 1. The molecule has 1 aliphatic rings. The van der Waals surface area contributed by atoms with Gasteiger partial charge in [0.1, 0.15) is 17.4 Å². The molecule has 3 aromatic rings. The Balaban J connectivity index is 1.36. The van der Waals surface area contributed by atoms with Crippen LogP contribution in [0.15, 0.2) is 66.7 Å². The summed E-state index contributed by atoms with van der Waals surface area (Å²) in [4.78, 5) is 14.6. The number of hydrogen-bond acceptors (Lipinski definition) is 3. The molecule has 3 aromatic carbocycles. The smallest absolute Gasteiger partial charge is 0.254 e. The number of amides is 1. The van der Waals surface area contributed by atoms with Gasteiger partial charge in [-0.05, 0) is 47.9 Å². The predicted octanol–water partition coefficient (Wildman–Crippen LogP) is 4.64. The van der Waals surface area contributed by atoms with Crippen LogP contribution in [0.5, 0.6) is 5.75 Å². The molecule has 0 aromatic heterocycles. The van der Waals surface area contributed by atoms with E-state index in [1.165, 1.54) is 24.3 Å². The van der Waals surface area contributed by atoms with Crippen molar-refractivity contribution in [3.8, 4) is 16.9 Å². The highest BCUT2D eigenvalue weighted by Crippen LogP contribution is 2.31. The van der Waals surface area contributed by atoms with Crippen molar-refractivity contribution in [2.45, 2.75) is 19.0 Å². The fourth-order valence-electron chi connectivity index (χ4n) is 3.96. The number of nitrogens with zero attached hydrogens (tertiary/aromatic N) is 1. The number of likely N-dealkylation sites (tertiary alicyclic amines) is 1. The zero-order valence-corrected chi connectivity index (χ0v) is 17.3. The lowest BCUT2D eigenvalue weighted by Gasteiger charge is -2.17. The van der Waals surface area contributed by atoms with Crippen LogP contribution in [0.25, 0.3) is 11.1 Å². The second kappa shape index (κ2) is 9.27. The second-order valence-corrected chi connectivity index (χ2v) is 7.72. The molecule has 1 unspecified atom stereocenters. The van der Waals surface area contributed by atoms with Gasteiger partial charge in [0.05, 0.1) is 12.7 Å². The van der Waals surface area contributed by atoms with Gasteiger partial charge in [-0.2, -0.15) is 0 Å². The topological polar surface area (TPSA) is 41.6 Å². The Hall–Kier alpha value is -3.25. The van der Waals surface area contributed by atoms with Crippen molar-refractivity contribution in [3.05, 3.63) is 89.5 Å². The lowest BCUT2D eigenvalue weighted by Crippen LogP contribution is -2.37. The molecule has 1 aliphatic heterocycles. The molecule has 6 heteroatoms. The summed E-state index contributed by atoms with van der Waals surface area (Å²) in [6, 6.07) is 18.4. The largest absolute Gasteiger partial charge is 0.496 e. The maximum atomic E-state index is 13.8. The second-order valence-electron chi connectivity index (χ2n) is 7.72. The summed E-state index contributed by atoms with van der Waals surface area (Å²) in [7, 11) is 1.57. The first-order valence-corrected chi connectivity index (χ1v) is 10.2. The summed E-state index contributed by atoms with van der Waals surface area (Å²) in [5, 5.41) is 2.93. The van der Waals surface area contributed by atoms with Gasteiger partial charge in [-0.1, -0.05) is 36.4 Å². The number of ether oxygens (including phenoxy) is 1. The zero-order chi connectivity index (χ0) is 21.8. The van der Waals surface area contributed by atoms with E-state index in [9.17, 15) is 13.6 Å².